The summed E-state index contributed by atoms with van der Waals surface area (Å²) in [5.74, 6) is -1.55. The van der Waals surface area contributed by atoms with Crippen molar-refractivity contribution in [1.82, 2.24) is 4.57 Å². The molecule has 0 saturated heterocycles. The standard InChI is InChI=1S/C13H18F3NO2/c1-12(2,3)5-4-6-17-7-9(11(18)19)10(8-17)13(14,15)16/h7-8H,4-6H2,1-3H3,(H,18,19). The molecule has 1 aromatic heterocycles. The number of hydrogen-bond donors (Lipinski definition) is 1. The zero-order valence-corrected chi connectivity index (χ0v) is 11.2. The van der Waals surface area contributed by atoms with Gasteiger partial charge in [-0.1, -0.05) is 20.8 Å². The van der Waals surface area contributed by atoms with E-state index >= 15 is 0 Å². The van der Waals surface area contributed by atoms with E-state index < -0.39 is 23.3 Å². The lowest BCUT2D eigenvalue weighted by Gasteiger charge is -2.17. The summed E-state index contributed by atoms with van der Waals surface area (Å²) in [5.41, 5.74) is -1.67. The number of carboxylic acid groups (broad SMARTS) is 1. The van der Waals surface area contributed by atoms with E-state index in [2.05, 4.69) is 0 Å². The Morgan fingerprint density at radius 3 is 2.21 bits per heavy atom. The van der Waals surface area contributed by atoms with Crippen molar-refractivity contribution in [3.63, 3.8) is 0 Å². The van der Waals surface area contributed by atoms with E-state index in [4.69, 9.17) is 5.11 Å². The first kappa shape index (κ1) is 15.6. The molecular weight excluding hydrogens is 259 g/mol. The van der Waals surface area contributed by atoms with E-state index in [0.717, 1.165) is 18.8 Å². The maximum absolute atomic E-state index is 12.7. The van der Waals surface area contributed by atoms with Crippen LogP contribution in [0.2, 0.25) is 0 Å². The van der Waals surface area contributed by atoms with E-state index in [1.807, 2.05) is 20.8 Å². The molecule has 0 atom stereocenters. The van der Waals surface area contributed by atoms with Gasteiger partial charge in [-0.15, -0.1) is 0 Å². The normalized spacial score (nSPS) is 12.7. The first-order valence-electron chi connectivity index (χ1n) is 6.01. The molecule has 0 spiro atoms. The molecule has 1 N–H and O–H groups in total. The highest BCUT2D eigenvalue weighted by molar-refractivity contribution is 5.89. The van der Waals surface area contributed by atoms with E-state index in [1.165, 1.54) is 4.57 Å². The van der Waals surface area contributed by atoms with Gasteiger partial charge in [-0.25, -0.2) is 4.79 Å². The molecule has 0 aliphatic rings. The number of alkyl halides is 3. The van der Waals surface area contributed by atoms with Crippen molar-refractivity contribution in [1.29, 1.82) is 0 Å². The Morgan fingerprint density at radius 2 is 1.84 bits per heavy atom. The second kappa shape index (κ2) is 5.27. The van der Waals surface area contributed by atoms with Crippen LogP contribution < -0.4 is 0 Å². The molecule has 6 heteroatoms. The van der Waals surface area contributed by atoms with Crippen LogP contribution in [0.3, 0.4) is 0 Å². The zero-order valence-electron chi connectivity index (χ0n) is 11.2. The fraction of sp³-hybridized carbons (Fsp3) is 0.615. The molecule has 0 aliphatic heterocycles. The molecule has 0 unspecified atom stereocenters. The van der Waals surface area contributed by atoms with Gasteiger partial charge in [0, 0.05) is 18.9 Å². The predicted molar refractivity (Wildman–Crippen MR) is 65.1 cm³/mol. The number of aryl methyl sites for hydroxylation is 1. The average molecular weight is 277 g/mol. The molecule has 1 aromatic rings. The van der Waals surface area contributed by atoms with Crippen molar-refractivity contribution in [3.05, 3.63) is 23.5 Å². The van der Waals surface area contributed by atoms with Gasteiger partial charge >= 0.3 is 12.1 Å². The summed E-state index contributed by atoms with van der Waals surface area (Å²) in [4.78, 5) is 10.8. The van der Waals surface area contributed by atoms with Gasteiger partial charge in [0.1, 0.15) is 0 Å². The van der Waals surface area contributed by atoms with Crippen molar-refractivity contribution in [2.45, 2.75) is 46.3 Å². The largest absolute Gasteiger partial charge is 0.478 e. The van der Waals surface area contributed by atoms with Gasteiger partial charge in [-0.2, -0.15) is 13.2 Å². The third-order valence-electron chi connectivity index (χ3n) is 2.76. The number of carboxylic acids is 1. The van der Waals surface area contributed by atoms with Crippen molar-refractivity contribution in [2.75, 3.05) is 0 Å². The minimum atomic E-state index is -4.64. The lowest BCUT2D eigenvalue weighted by Crippen LogP contribution is -2.09. The predicted octanol–water partition coefficient (Wildman–Crippen LogP) is 4.03. The summed E-state index contributed by atoms with van der Waals surface area (Å²) in [6.07, 6.45) is -1.16. The number of aromatic carboxylic acids is 1. The van der Waals surface area contributed by atoms with Crippen molar-refractivity contribution >= 4 is 5.97 Å². The Kier molecular flexibility index (Phi) is 4.32. The minimum Gasteiger partial charge on any atom is -0.478 e. The Morgan fingerprint density at radius 1 is 1.26 bits per heavy atom. The number of carbonyl (C=O) groups is 1. The molecule has 0 radical (unpaired) electrons. The highest BCUT2D eigenvalue weighted by Gasteiger charge is 2.36. The average Bonchev–Trinajstić information content (AvgIpc) is 2.59. The Bertz CT molecular complexity index is 455. The molecule has 0 fully saturated rings. The molecule has 0 aromatic carbocycles. The summed E-state index contributed by atoms with van der Waals surface area (Å²) >= 11 is 0. The van der Waals surface area contributed by atoms with Crippen LogP contribution in [0.4, 0.5) is 13.2 Å². The second-order valence-electron chi connectivity index (χ2n) is 5.79. The number of aromatic nitrogens is 1. The van der Waals surface area contributed by atoms with E-state index in [1.54, 1.807) is 0 Å². The fourth-order valence-electron chi connectivity index (χ4n) is 1.83. The zero-order chi connectivity index (χ0) is 14.8. The molecule has 1 rings (SSSR count). The molecule has 19 heavy (non-hydrogen) atoms. The molecule has 1 heterocycles. The molecule has 0 aliphatic carbocycles. The smallest absolute Gasteiger partial charge is 0.418 e. The van der Waals surface area contributed by atoms with E-state index in [-0.39, 0.29) is 5.41 Å². The van der Waals surface area contributed by atoms with Gasteiger partial charge in [0.2, 0.25) is 0 Å². The van der Waals surface area contributed by atoms with E-state index in [0.29, 0.717) is 13.0 Å². The third-order valence-corrected chi connectivity index (χ3v) is 2.76. The Balaban J connectivity index is 2.85. The summed E-state index contributed by atoms with van der Waals surface area (Å²) < 4.78 is 39.3. The van der Waals surface area contributed by atoms with Crippen LogP contribution >= 0.6 is 0 Å². The van der Waals surface area contributed by atoms with Crippen molar-refractivity contribution in [3.8, 4) is 0 Å². The highest BCUT2D eigenvalue weighted by atomic mass is 19.4. The van der Waals surface area contributed by atoms with Crippen LogP contribution in [-0.2, 0) is 12.7 Å². The second-order valence-corrected chi connectivity index (χ2v) is 5.79. The van der Waals surface area contributed by atoms with Crippen molar-refractivity contribution in [2.24, 2.45) is 5.41 Å². The van der Waals surface area contributed by atoms with Gasteiger partial charge in [-0.3, -0.25) is 0 Å². The Labute approximate surface area is 110 Å². The lowest BCUT2D eigenvalue weighted by molar-refractivity contribution is -0.138. The van der Waals surface area contributed by atoms with Crippen LogP contribution in [0, 0.1) is 5.41 Å². The third kappa shape index (κ3) is 4.61. The van der Waals surface area contributed by atoms with Crippen LogP contribution in [0.5, 0.6) is 0 Å². The number of nitrogens with zero attached hydrogens (tertiary/aromatic N) is 1. The van der Waals surface area contributed by atoms with Gasteiger partial charge in [0.15, 0.2) is 0 Å². The summed E-state index contributed by atoms with van der Waals surface area (Å²) in [6.45, 7) is 6.53. The number of rotatable bonds is 4. The topological polar surface area (TPSA) is 42.2 Å². The van der Waals surface area contributed by atoms with Crippen LogP contribution in [0.25, 0.3) is 0 Å². The fourth-order valence-corrected chi connectivity index (χ4v) is 1.83. The van der Waals surface area contributed by atoms with Gasteiger partial charge in [0.25, 0.3) is 0 Å². The molecule has 0 amide bonds. The Hall–Kier alpha value is -1.46. The highest BCUT2D eigenvalue weighted by Crippen LogP contribution is 2.33. The minimum absolute atomic E-state index is 0.107. The number of hydrogen-bond acceptors (Lipinski definition) is 1. The SMILES string of the molecule is CC(C)(C)CCCn1cc(C(=O)O)c(C(F)(F)F)c1. The monoisotopic (exact) mass is 277 g/mol. The van der Waals surface area contributed by atoms with Crippen LogP contribution in [-0.4, -0.2) is 15.6 Å². The summed E-state index contributed by atoms with van der Waals surface area (Å²) in [5, 5.41) is 8.78. The van der Waals surface area contributed by atoms with Gasteiger partial charge in [0.05, 0.1) is 11.1 Å². The summed E-state index contributed by atoms with van der Waals surface area (Å²) in [6, 6.07) is 0. The maximum atomic E-state index is 12.7. The first-order chi connectivity index (χ1) is 8.50. The quantitative estimate of drug-likeness (QED) is 0.902. The van der Waals surface area contributed by atoms with E-state index in [9.17, 15) is 18.0 Å². The lowest BCUT2D eigenvalue weighted by atomic mass is 9.91. The van der Waals surface area contributed by atoms with Crippen LogP contribution in [0.15, 0.2) is 12.4 Å². The van der Waals surface area contributed by atoms with Gasteiger partial charge in [-0.05, 0) is 18.3 Å². The molecule has 3 nitrogen and oxygen atoms in total. The molecule has 0 bridgehead atoms. The number of halogens is 3. The molecular formula is C13H18F3NO2. The van der Waals surface area contributed by atoms with Gasteiger partial charge < -0.3 is 9.67 Å². The van der Waals surface area contributed by atoms with Crippen LogP contribution in [0.1, 0.15) is 49.5 Å². The first-order valence-corrected chi connectivity index (χ1v) is 6.01. The summed E-state index contributed by atoms with van der Waals surface area (Å²) in [7, 11) is 0. The van der Waals surface area contributed by atoms with Crippen molar-refractivity contribution < 1.29 is 23.1 Å². The molecule has 108 valence electrons. The molecule has 0 saturated carbocycles. The maximum Gasteiger partial charge on any atom is 0.418 e.